The molecule has 3 amide bonds. The average Bonchev–Trinajstić information content (AvgIpc) is 3.50. The number of rotatable bonds is 9. The number of hydrogen-bond acceptors (Lipinski definition) is 7. The van der Waals surface area contributed by atoms with Gasteiger partial charge < -0.3 is 26.0 Å². The summed E-state index contributed by atoms with van der Waals surface area (Å²) >= 11 is 5.94. The molecule has 1 aromatic carbocycles. The van der Waals surface area contributed by atoms with Crippen molar-refractivity contribution >= 4 is 40.9 Å². The SMILES string of the molecule is CO[C@@H]1CCN(C(=O)CNc2ncccc2C(=N)C(N)=O)[C@@H]1C(=O)NC1(c2cccc(Cl)c2F)CC1. The van der Waals surface area contributed by atoms with Crippen molar-refractivity contribution in [2.45, 2.75) is 36.9 Å². The van der Waals surface area contributed by atoms with E-state index in [0.29, 0.717) is 24.8 Å². The maximum Gasteiger partial charge on any atom is 0.267 e. The van der Waals surface area contributed by atoms with Gasteiger partial charge in [-0.25, -0.2) is 9.37 Å². The Kier molecular flexibility index (Phi) is 7.23. The fraction of sp³-hybridized carbons (Fsp3) is 0.375. The van der Waals surface area contributed by atoms with Gasteiger partial charge in [-0.3, -0.25) is 19.8 Å². The molecular formula is C24H26ClFN6O4. The smallest absolute Gasteiger partial charge is 0.267 e. The number of carbonyl (C=O) groups excluding carboxylic acids is 3. The van der Waals surface area contributed by atoms with Gasteiger partial charge in [0, 0.05) is 31.0 Å². The number of likely N-dealkylation sites (tertiary alicyclic amines) is 1. The number of ether oxygens (including phenoxy) is 1. The van der Waals surface area contributed by atoms with Crippen LogP contribution >= 0.6 is 11.6 Å². The molecule has 4 rings (SSSR count). The fourth-order valence-electron chi connectivity index (χ4n) is 4.51. The number of amides is 3. The third kappa shape index (κ3) is 4.89. The minimum absolute atomic E-state index is 0.0233. The van der Waals surface area contributed by atoms with E-state index in [4.69, 9.17) is 27.5 Å². The second kappa shape index (κ2) is 10.2. The highest BCUT2D eigenvalue weighted by Gasteiger charge is 2.51. The van der Waals surface area contributed by atoms with E-state index in [-0.39, 0.29) is 29.5 Å². The first kappa shape index (κ1) is 25.5. The Morgan fingerprint density at radius 1 is 1.31 bits per heavy atom. The van der Waals surface area contributed by atoms with Crippen LogP contribution in [0.2, 0.25) is 5.02 Å². The zero-order valence-electron chi connectivity index (χ0n) is 19.5. The van der Waals surface area contributed by atoms with Gasteiger partial charge in [-0.1, -0.05) is 23.7 Å². The fourth-order valence-corrected chi connectivity index (χ4v) is 4.69. The number of aromatic nitrogens is 1. The van der Waals surface area contributed by atoms with Gasteiger partial charge >= 0.3 is 0 Å². The summed E-state index contributed by atoms with van der Waals surface area (Å²) in [5, 5.41) is 13.6. The highest BCUT2D eigenvalue weighted by atomic mass is 35.5. The van der Waals surface area contributed by atoms with E-state index in [9.17, 15) is 18.8 Å². The Morgan fingerprint density at radius 3 is 2.72 bits per heavy atom. The van der Waals surface area contributed by atoms with Crippen LogP contribution in [-0.4, -0.2) is 65.7 Å². The first-order chi connectivity index (χ1) is 17.2. The third-order valence-electron chi connectivity index (χ3n) is 6.54. The lowest BCUT2D eigenvalue weighted by Crippen LogP contribution is -2.54. The van der Waals surface area contributed by atoms with Gasteiger partial charge in [-0.15, -0.1) is 0 Å². The van der Waals surface area contributed by atoms with Crippen molar-refractivity contribution in [3.05, 3.63) is 58.5 Å². The van der Waals surface area contributed by atoms with Gasteiger partial charge in [0.05, 0.1) is 23.2 Å². The third-order valence-corrected chi connectivity index (χ3v) is 6.84. The maximum atomic E-state index is 14.7. The predicted molar refractivity (Wildman–Crippen MR) is 130 cm³/mol. The quantitative estimate of drug-likeness (QED) is 0.371. The Morgan fingerprint density at radius 2 is 2.06 bits per heavy atom. The average molecular weight is 517 g/mol. The van der Waals surface area contributed by atoms with Gasteiger partial charge in [0.2, 0.25) is 11.8 Å². The number of anilines is 1. The zero-order valence-corrected chi connectivity index (χ0v) is 20.3. The summed E-state index contributed by atoms with van der Waals surface area (Å²) in [6.07, 6.45) is 2.44. The first-order valence-electron chi connectivity index (χ1n) is 11.3. The molecule has 190 valence electrons. The van der Waals surface area contributed by atoms with Crippen LogP contribution in [0.25, 0.3) is 0 Å². The van der Waals surface area contributed by atoms with E-state index < -0.39 is 46.9 Å². The van der Waals surface area contributed by atoms with Crippen LogP contribution < -0.4 is 16.4 Å². The van der Waals surface area contributed by atoms with Crippen molar-refractivity contribution in [2.75, 3.05) is 25.5 Å². The molecule has 1 saturated heterocycles. The summed E-state index contributed by atoms with van der Waals surface area (Å²) < 4.78 is 20.2. The summed E-state index contributed by atoms with van der Waals surface area (Å²) in [6, 6.07) is 6.78. The molecule has 0 spiro atoms. The molecule has 0 unspecified atom stereocenters. The molecule has 2 fully saturated rings. The van der Waals surface area contributed by atoms with Gasteiger partial charge in [-0.05, 0) is 37.5 Å². The standard InChI is InChI=1S/C24H26ClFN6O4/c1-36-16-7-11-32(17(33)12-30-22-13(4-3-10-29-22)19(27)21(28)34)20(16)23(35)31-24(8-9-24)14-5-2-6-15(25)18(14)26/h2-6,10,16,20,27H,7-9,11-12H2,1H3,(H2,28,34)(H,29,30)(H,31,35)/t16-,20+/m1/s1. The monoisotopic (exact) mass is 516 g/mol. The van der Waals surface area contributed by atoms with Crippen molar-refractivity contribution in [3.8, 4) is 0 Å². The van der Waals surface area contributed by atoms with Gasteiger partial charge in [0.15, 0.2) is 0 Å². The number of carbonyl (C=O) groups is 3. The van der Waals surface area contributed by atoms with Gasteiger partial charge in [0.1, 0.15) is 23.4 Å². The van der Waals surface area contributed by atoms with E-state index in [2.05, 4.69) is 15.6 Å². The summed E-state index contributed by atoms with van der Waals surface area (Å²) in [5.41, 5.74) is 4.35. The van der Waals surface area contributed by atoms with E-state index >= 15 is 0 Å². The molecule has 5 N–H and O–H groups in total. The van der Waals surface area contributed by atoms with Crippen molar-refractivity contribution in [1.82, 2.24) is 15.2 Å². The molecule has 0 bridgehead atoms. The van der Waals surface area contributed by atoms with Crippen LogP contribution in [-0.2, 0) is 24.7 Å². The Labute approximate surface area is 211 Å². The second-order valence-electron chi connectivity index (χ2n) is 8.76. The molecule has 2 aromatic rings. The number of nitrogens with two attached hydrogens (primary N) is 1. The highest BCUT2D eigenvalue weighted by molar-refractivity contribution is 6.44. The van der Waals surface area contributed by atoms with Crippen molar-refractivity contribution in [2.24, 2.45) is 5.73 Å². The number of halogens is 2. The largest absolute Gasteiger partial charge is 0.379 e. The molecule has 10 nitrogen and oxygen atoms in total. The van der Waals surface area contributed by atoms with E-state index in [1.165, 1.54) is 30.3 Å². The summed E-state index contributed by atoms with van der Waals surface area (Å²) in [5.74, 6) is -2.21. The van der Waals surface area contributed by atoms with Crippen molar-refractivity contribution in [1.29, 1.82) is 5.41 Å². The van der Waals surface area contributed by atoms with Crippen LogP contribution in [0.5, 0.6) is 0 Å². The van der Waals surface area contributed by atoms with E-state index in [1.54, 1.807) is 18.2 Å². The van der Waals surface area contributed by atoms with Gasteiger partial charge in [-0.2, -0.15) is 0 Å². The van der Waals surface area contributed by atoms with Crippen molar-refractivity contribution < 1.29 is 23.5 Å². The number of methoxy groups -OCH3 is 1. The minimum atomic E-state index is -0.929. The number of primary amides is 1. The minimum Gasteiger partial charge on any atom is -0.379 e. The molecule has 0 radical (unpaired) electrons. The predicted octanol–water partition coefficient (Wildman–Crippen LogP) is 1.56. The lowest BCUT2D eigenvalue weighted by molar-refractivity contribution is -0.140. The number of nitrogens with zero attached hydrogens (tertiary/aromatic N) is 2. The van der Waals surface area contributed by atoms with Crippen LogP contribution in [0, 0.1) is 11.2 Å². The molecular weight excluding hydrogens is 491 g/mol. The Bertz CT molecular complexity index is 1220. The molecule has 2 heterocycles. The summed E-state index contributed by atoms with van der Waals surface area (Å²) in [7, 11) is 1.47. The molecule has 12 heteroatoms. The lowest BCUT2D eigenvalue weighted by Gasteiger charge is -2.29. The number of pyridine rings is 1. The normalized spacial score (nSPS) is 20.0. The summed E-state index contributed by atoms with van der Waals surface area (Å²) in [6.45, 7) is 0.0339. The second-order valence-corrected chi connectivity index (χ2v) is 9.17. The van der Waals surface area contributed by atoms with Crippen molar-refractivity contribution in [3.63, 3.8) is 0 Å². The molecule has 1 saturated carbocycles. The molecule has 2 atom stereocenters. The number of benzene rings is 1. The molecule has 1 aliphatic carbocycles. The van der Waals surface area contributed by atoms with Crippen LogP contribution in [0.1, 0.15) is 30.4 Å². The van der Waals surface area contributed by atoms with E-state index in [0.717, 1.165) is 0 Å². The number of nitrogens with one attached hydrogen (secondary N) is 3. The Balaban J connectivity index is 1.49. The lowest BCUT2D eigenvalue weighted by atomic mass is 10.0. The topological polar surface area (TPSA) is 150 Å². The maximum absolute atomic E-state index is 14.7. The number of hydrogen-bond donors (Lipinski definition) is 4. The zero-order chi connectivity index (χ0) is 26.0. The molecule has 2 aliphatic rings. The molecule has 36 heavy (non-hydrogen) atoms. The van der Waals surface area contributed by atoms with Crippen LogP contribution in [0.15, 0.2) is 36.5 Å². The Hall–Kier alpha value is -3.57. The summed E-state index contributed by atoms with van der Waals surface area (Å²) in [4.78, 5) is 43.5. The van der Waals surface area contributed by atoms with Crippen LogP contribution in [0.4, 0.5) is 10.2 Å². The molecule has 1 aromatic heterocycles. The highest BCUT2D eigenvalue weighted by Crippen LogP contribution is 2.47. The van der Waals surface area contributed by atoms with Crippen LogP contribution in [0.3, 0.4) is 0 Å². The van der Waals surface area contributed by atoms with Gasteiger partial charge in [0.25, 0.3) is 5.91 Å². The van der Waals surface area contributed by atoms with E-state index in [1.807, 2.05) is 0 Å². The first-order valence-corrected chi connectivity index (χ1v) is 11.7. The molecule has 1 aliphatic heterocycles.